The standard InChI is InChI=1S/C12H19F3O2/c1-8(2)5-6-9(16)7-10(17)11(3,4)12(13,14)15/h7-8,17H,5-6H2,1-4H3/b10-7-. The second-order valence-corrected chi connectivity index (χ2v) is 5.05. The molecule has 0 unspecified atom stereocenters. The van der Waals surface area contributed by atoms with Crippen molar-refractivity contribution < 1.29 is 23.1 Å². The molecule has 0 amide bonds. The van der Waals surface area contributed by atoms with Crippen molar-refractivity contribution >= 4 is 5.78 Å². The summed E-state index contributed by atoms with van der Waals surface area (Å²) in [6.07, 6.45) is -3.15. The second-order valence-electron chi connectivity index (χ2n) is 5.05. The van der Waals surface area contributed by atoms with Crippen LogP contribution in [0.15, 0.2) is 11.8 Å². The summed E-state index contributed by atoms with van der Waals surface area (Å²) in [7, 11) is 0. The van der Waals surface area contributed by atoms with Crippen LogP contribution in [0.1, 0.15) is 40.5 Å². The van der Waals surface area contributed by atoms with E-state index in [1.165, 1.54) is 0 Å². The highest BCUT2D eigenvalue weighted by Crippen LogP contribution is 2.42. The molecular formula is C12H19F3O2. The normalized spacial score (nSPS) is 14.2. The molecule has 17 heavy (non-hydrogen) atoms. The van der Waals surface area contributed by atoms with E-state index in [0.717, 1.165) is 13.8 Å². The molecule has 0 radical (unpaired) electrons. The van der Waals surface area contributed by atoms with Gasteiger partial charge >= 0.3 is 6.18 Å². The van der Waals surface area contributed by atoms with Gasteiger partial charge in [-0.25, -0.2) is 0 Å². The summed E-state index contributed by atoms with van der Waals surface area (Å²) in [6.45, 7) is 5.51. The zero-order chi connectivity index (χ0) is 13.9. The van der Waals surface area contributed by atoms with Crippen LogP contribution in [0.5, 0.6) is 0 Å². The van der Waals surface area contributed by atoms with Crippen molar-refractivity contribution in [3.63, 3.8) is 0 Å². The Labute approximate surface area is 99.5 Å². The number of aliphatic hydroxyl groups is 1. The van der Waals surface area contributed by atoms with Crippen molar-refractivity contribution in [1.29, 1.82) is 0 Å². The number of halogens is 3. The third-order valence-electron chi connectivity index (χ3n) is 2.61. The van der Waals surface area contributed by atoms with Crippen LogP contribution in [0.4, 0.5) is 13.2 Å². The molecule has 0 heterocycles. The fraction of sp³-hybridized carbons (Fsp3) is 0.750. The first-order valence-electron chi connectivity index (χ1n) is 5.49. The van der Waals surface area contributed by atoms with Gasteiger partial charge in [0.25, 0.3) is 0 Å². The number of carbonyl (C=O) groups excluding carboxylic acids is 1. The summed E-state index contributed by atoms with van der Waals surface area (Å²) in [5.41, 5.74) is -2.39. The fourth-order valence-corrected chi connectivity index (χ4v) is 0.981. The molecule has 0 fully saturated rings. The Bertz CT molecular complexity index is 301. The summed E-state index contributed by atoms with van der Waals surface area (Å²) >= 11 is 0. The van der Waals surface area contributed by atoms with E-state index in [2.05, 4.69) is 0 Å². The van der Waals surface area contributed by atoms with Gasteiger partial charge in [-0.05, 0) is 26.2 Å². The highest BCUT2D eigenvalue weighted by Gasteiger charge is 2.50. The van der Waals surface area contributed by atoms with Crippen molar-refractivity contribution in [3.8, 4) is 0 Å². The van der Waals surface area contributed by atoms with Gasteiger partial charge in [0.15, 0.2) is 5.78 Å². The van der Waals surface area contributed by atoms with E-state index in [-0.39, 0.29) is 6.42 Å². The van der Waals surface area contributed by atoms with Crippen molar-refractivity contribution in [2.24, 2.45) is 11.3 Å². The van der Waals surface area contributed by atoms with Crippen LogP contribution in [0, 0.1) is 11.3 Å². The van der Waals surface area contributed by atoms with Crippen LogP contribution in [-0.2, 0) is 4.79 Å². The highest BCUT2D eigenvalue weighted by molar-refractivity contribution is 5.90. The summed E-state index contributed by atoms with van der Waals surface area (Å²) in [5, 5.41) is 9.37. The van der Waals surface area contributed by atoms with E-state index < -0.39 is 23.1 Å². The Hall–Kier alpha value is -1.00. The van der Waals surface area contributed by atoms with Gasteiger partial charge in [0.2, 0.25) is 0 Å². The summed E-state index contributed by atoms with van der Waals surface area (Å²) < 4.78 is 37.6. The number of alkyl halides is 3. The summed E-state index contributed by atoms with van der Waals surface area (Å²) in [4.78, 5) is 11.3. The van der Waals surface area contributed by atoms with E-state index >= 15 is 0 Å². The average molecular weight is 252 g/mol. The van der Waals surface area contributed by atoms with Crippen molar-refractivity contribution in [2.75, 3.05) is 0 Å². The Morgan fingerprint density at radius 3 is 2.12 bits per heavy atom. The van der Waals surface area contributed by atoms with E-state index in [4.69, 9.17) is 0 Å². The quantitative estimate of drug-likeness (QED) is 0.592. The number of aliphatic hydroxyl groups excluding tert-OH is 1. The minimum absolute atomic E-state index is 0.148. The fourth-order valence-electron chi connectivity index (χ4n) is 0.981. The van der Waals surface area contributed by atoms with Gasteiger partial charge in [0, 0.05) is 12.5 Å². The molecule has 0 rings (SSSR count). The predicted octanol–water partition coefficient (Wildman–Crippen LogP) is 4.02. The second kappa shape index (κ2) is 5.56. The van der Waals surface area contributed by atoms with E-state index in [0.29, 0.717) is 18.4 Å². The first-order chi connectivity index (χ1) is 7.48. The van der Waals surface area contributed by atoms with E-state index in [1.54, 1.807) is 0 Å². The predicted molar refractivity (Wildman–Crippen MR) is 59.6 cm³/mol. The minimum Gasteiger partial charge on any atom is -0.511 e. The Morgan fingerprint density at radius 1 is 1.29 bits per heavy atom. The van der Waals surface area contributed by atoms with Gasteiger partial charge in [0.1, 0.15) is 11.2 Å². The third kappa shape index (κ3) is 4.79. The lowest BCUT2D eigenvalue weighted by atomic mass is 9.89. The largest absolute Gasteiger partial charge is 0.511 e. The number of hydrogen-bond acceptors (Lipinski definition) is 2. The first kappa shape index (κ1) is 16.0. The Balaban J connectivity index is 4.70. The van der Waals surface area contributed by atoms with Crippen LogP contribution in [0.2, 0.25) is 0 Å². The number of allylic oxidation sites excluding steroid dienone is 2. The number of rotatable bonds is 5. The van der Waals surface area contributed by atoms with Gasteiger partial charge in [0.05, 0.1) is 0 Å². The molecular weight excluding hydrogens is 233 g/mol. The lowest BCUT2D eigenvalue weighted by molar-refractivity contribution is -0.206. The Morgan fingerprint density at radius 2 is 1.76 bits per heavy atom. The summed E-state index contributed by atoms with van der Waals surface area (Å²) in [5.74, 6) is -1.11. The maximum Gasteiger partial charge on any atom is 0.400 e. The molecule has 1 N–H and O–H groups in total. The molecule has 0 saturated heterocycles. The minimum atomic E-state index is -4.58. The van der Waals surface area contributed by atoms with Gasteiger partial charge in [-0.1, -0.05) is 13.8 Å². The zero-order valence-corrected chi connectivity index (χ0v) is 10.6. The monoisotopic (exact) mass is 252 g/mol. The average Bonchev–Trinajstić information content (AvgIpc) is 2.12. The lowest BCUT2D eigenvalue weighted by Gasteiger charge is -2.26. The van der Waals surface area contributed by atoms with Crippen molar-refractivity contribution in [1.82, 2.24) is 0 Å². The molecule has 0 aliphatic rings. The maximum absolute atomic E-state index is 12.5. The molecule has 0 bridgehead atoms. The topological polar surface area (TPSA) is 37.3 Å². The maximum atomic E-state index is 12.5. The van der Waals surface area contributed by atoms with Crippen LogP contribution in [-0.4, -0.2) is 17.1 Å². The van der Waals surface area contributed by atoms with Gasteiger partial charge in [-0.3, -0.25) is 4.79 Å². The summed E-state index contributed by atoms with van der Waals surface area (Å²) in [6, 6.07) is 0. The zero-order valence-electron chi connectivity index (χ0n) is 10.6. The SMILES string of the molecule is CC(C)CCC(=O)/C=C(\O)C(C)(C)C(F)(F)F. The van der Waals surface area contributed by atoms with E-state index in [1.807, 2.05) is 13.8 Å². The Kier molecular flexibility index (Phi) is 5.23. The van der Waals surface area contributed by atoms with Crippen LogP contribution in [0.3, 0.4) is 0 Å². The molecule has 100 valence electrons. The molecule has 0 aromatic carbocycles. The highest BCUT2D eigenvalue weighted by atomic mass is 19.4. The molecule has 5 heteroatoms. The third-order valence-corrected chi connectivity index (χ3v) is 2.61. The molecule has 0 aliphatic heterocycles. The van der Waals surface area contributed by atoms with Gasteiger partial charge < -0.3 is 5.11 Å². The molecule has 2 nitrogen and oxygen atoms in total. The number of carbonyl (C=O) groups is 1. The molecule has 0 aliphatic carbocycles. The molecule has 0 spiro atoms. The van der Waals surface area contributed by atoms with Crippen LogP contribution < -0.4 is 0 Å². The lowest BCUT2D eigenvalue weighted by Crippen LogP contribution is -2.34. The molecule has 0 aromatic rings. The molecule has 0 aromatic heterocycles. The van der Waals surface area contributed by atoms with E-state index in [9.17, 15) is 23.1 Å². The van der Waals surface area contributed by atoms with Crippen molar-refractivity contribution in [3.05, 3.63) is 11.8 Å². The molecule has 0 atom stereocenters. The number of hydrogen-bond donors (Lipinski definition) is 1. The van der Waals surface area contributed by atoms with Gasteiger partial charge in [-0.15, -0.1) is 0 Å². The smallest absolute Gasteiger partial charge is 0.400 e. The molecule has 0 saturated carbocycles. The van der Waals surface area contributed by atoms with Crippen molar-refractivity contribution in [2.45, 2.75) is 46.7 Å². The van der Waals surface area contributed by atoms with Crippen LogP contribution >= 0.6 is 0 Å². The van der Waals surface area contributed by atoms with Crippen LogP contribution in [0.25, 0.3) is 0 Å². The van der Waals surface area contributed by atoms with Gasteiger partial charge in [-0.2, -0.15) is 13.2 Å². The number of ketones is 1. The first-order valence-corrected chi connectivity index (χ1v) is 5.49.